The molecule has 0 amide bonds. The van der Waals surface area contributed by atoms with Crippen LogP contribution in [0.1, 0.15) is 16.7 Å². The molecule has 0 aromatic heterocycles. The van der Waals surface area contributed by atoms with Gasteiger partial charge in [-0.15, -0.1) is 0 Å². The Morgan fingerprint density at radius 2 is 1.78 bits per heavy atom. The van der Waals surface area contributed by atoms with E-state index in [1.807, 2.05) is 43.3 Å². The molecule has 2 aromatic carbocycles. The van der Waals surface area contributed by atoms with Crippen molar-refractivity contribution < 1.29 is 4.74 Å². The number of hydrogen-bond donors (Lipinski definition) is 0. The molecule has 0 saturated heterocycles. The standard InChI is InChI=1S/C15H10N2O/c1-11-4-2-6-13(8-11)18-15-7-3-5-12(9-16)14(15)10-17/h2-8H,1H3. The molecular formula is C15H10N2O. The third-order valence-electron chi connectivity index (χ3n) is 2.48. The van der Waals surface area contributed by atoms with E-state index in [9.17, 15) is 0 Å². The van der Waals surface area contributed by atoms with E-state index in [-0.39, 0.29) is 5.56 Å². The van der Waals surface area contributed by atoms with Gasteiger partial charge in [0.2, 0.25) is 0 Å². The molecule has 0 heterocycles. The van der Waals surface area contributed by atoms with Gasteiger partial charge in [-0.2, -0.15) is 10.5 Å². The third kappa shape index (κ3) is 2.31. The second kappa shape index (κ2) is 5.03. The van der Waals surface area contributed by atoms with E-state index in [4.69, 9.17) is 15.3 Å². The summed E-state index contributed by atoms with van der Waals surface area (Å²) in [5.74, 6) is 1.06. The fraction of sp³-hybridized carbons (Fsp3) is 0.0667. The highest BCUT2D eigenvalue weighted by molar-refractivity contribution is 5.55. The van der Waals surface area contributed by atoms with Crippen LogP contribution in [0.25, 0.3) is 0 Å². The fourth-order valence-corrected chi connectivity index (χ4v) is 1.63. The van der Waals surface area contributed by atoms with Crippen LogP contribution in [0.5, 0.6) is 11.5 Å². The number of aryl methyl sites for hydroxylation is 1. The van der Waals surface area contributed by atoms with E-state index < -0.39 is 0 Å². The van der Waals surface area contributed by atoms with Crippen LogP contribution >= 0.6 is 0 Å². The van der Waals surface area contributed by atoms with Gasteiger partial charge in [-0.3, -0.25) is 0 Å². The average molecular weight is 234 g/mol. The van der Waals surface area contributed by atoms with Crippen molar-refractivity contribution in [1.29, 1.82) is 10.5 Å². The van der Waals surface area contributed by atoms with Gasteiger partial charge in [-0.05, 0) is 36.8 Å². The summed E-state index contributed by atoms with van der Waals surface area (Å²) in [7, 11) is 0. The maximum Gasteiger partial charge on any atom is 0.146 e. The highest BCUT2D eigenvalue weighted by Crippen LogP contribution is 2.27. The van der Waals surface area contributed by atoms with Crippen LogP contribution in [-0.4, -0.2) is 0 Å². The maximum atomic E-state index is 9.08. The first-order valence-electron chi connectivity index (χ1n) is 5.42. The summed E-state index contributed by atoms with van der Waals surface area (Å²) in [5, 5.41) is 18.0. The van der Waals surface area contributed by atoms with Crippen molar-refractivity contribution in [3.05, 3.63) is 59.2 Å². The summed E-state index contributed by atoms with van der Waals surface area (Å²) >= 11 is 0. The molecule has 3 nitrogen and oxygen atoms in total. The van der Waals surface area contributed by atoms with Crippen molar-refractivity contribution >= 4 is 0 Å². The molecule has 2 aromatic rings. The molecule has 2 rings (SSSR count). The van der Waals surface area contributed by atoms with Crippen LogP contribution in [0.4, 0.5) is 0 Å². The average Bonchev–Trinajstić information content (AvgIpc) is 2.38. The molecule has 0 aliphatic heterocycles. The molecule has 0 bridgehead atoms. The van der Waals surface area contributed by atoms with Gasteiger partial charge in [0.15, 0.2) is 0 Å². The van der Waals surface area contributed by atoms with Crippen molar-refractivity contribution in [2.75, 3.05) is 0 Å². The first-order chi connectivity index (χ1) is 8.74. The molecule has 0 radical (unpaired) electrons. The Bertz CT molecular complexity index is 663. The van der Waals surface area contributed by atoms with Crippen LogP contribution in [0, 0.1) is 29.6 Å². The molecule has 0 unspecified atom stereocenters. The minimum atomic E-state index is 0.265. The van der Waals surface area contributed by atoms with Gasteiger partial charge in [0.05, 0.1) is 5.56 Å². The molecule has 0 aliphatic carbocycles. The first kappa shape index (κ1) is 11.7. The van der Waals surface area contributed by atoms with Gasteiger partial charge in [-0.25, -0.2) is 0 Å². The lowest BCUT2D eigenvalue weighted by Crippen LogP contribution is -1.91. The highest BCUT2D eigenvalue weighted by Gasteiger charge is 2.09. The van der Waals surface area contributed by atoms with E-state index in [1.54, 1.807) is 18.2 Å². The number of ether oxygens (including phenoxy) is 1. The van der Waals surface area contributed by atoms with E-state index in [0.717, 1.165) is 5.56 Å². The van der Waals surface area contributed by atoms with Crippen molar-refractivity contribution in [2.24, 2.45) is 0 Å². The topological polar surface area (TPSA) is 56.8 Å². The van der Waals surface area contributed by atoms with Gasteiger partial charge >= 0.3 is 0 Å². The molecule has 0 atom stereocenters. The monoisotopic (exact) mass is 234 g/mol. The number of rotatable bonds is 2. The third-order valence-corrected chi connectivity index (χ3v) is 2.48. The lowest BCUT2D eigenvalue weighted by atomic mass is 10.1. The van der Waals surface area contributed by atoms with Crippen LogP contribution in [-0.2, 0) is 0 Å². The van der Waals surface area contributed by atoms with Crippen molar-refractivity contribution in [1.82, 2.24) is 0 Å². The van der Waals surface area contributed by atoms with E-state index >= 15 is 0 Å². The number of nitriles is 2. The summed E-state index contributed by atoms with van der Waals surface area (Å²) in [6.07, 6.45) is 0. The SMILES string of the molecule is Cc1cccc(Oc2cccc(C#N)c2C#N)c1. The Labute approximate surface area is 105 Å². The summed E-state index contributed by atoms with van der Waals surface area (Å²) in [6, 6.07) is 16.5. The Morgan fingerprint density at radius 3 is 2.44 bits per heavy atom. The summed E-state index contributed by atoms with van der Waals surface area (Å²) < 4.78 is 5.65. The zero-order chi connectivity index (χ0) is 13.0. The smallest absolute Gasteiger partial charge is 0.146 e. The minimum absolute atomic E-state index is 0.265. The quantitative estimate of drug-likeness (QED) is 0.798. The molecule has 18 heavy (non-hydrogen) atoms. The van der Waals surface area contributed by atoms with Gasteiger partial charge in [0.1, 0.15) is 29.2 Å². The van der Waals surface area contributed by atoms with Gasteiger partial charge < -0.3 is 4.74 Å². The molecule has 0 spiro atoms. The predicted molar refractivity (Wildman–Crippen MR) is 67.1 cm³/mol. The van der Waals surface area contributed by atoms with E-state index in [2.05, 4.69) is 0 Å². The second-order valence-electron chi connectivity index (χ2n) is 3.82. The highest BCUT2D eigenvalue weighted by atomic mass is 16.5. The number of benzene rings is 2. The summed E-state index contributed by atoms with van der Waals surface area (Å²) in [6.45, 7) is 1.96. The maximum absolute atomic E-state index is 9.08. The molecule has 0 saturated carbocycles. The van der Waals surface area contributed by atoms with Gasteiger partial charge in [0, 0.05) is 0 Å². The van der Waals surface area contributed by atoms with Gasteiger partial charge in [0.25, 0.3) is 0 Å². The molecule has 3 heteroatoms. The summed E-state index contributed by atoms with van der Waals surface area (Å²) in [4.78, 5) is 0. The van der Waals surface area contributed by atoms with Crippen LogP contribution < -0.4 is 4.74 Å². The first-order valence-corrected chi connectivity index (χ1v) is 5.42. The van der Waals surface area contributed by atoms with Crippen LogP contribution in [0.2, 0.25) is 0 Å². The second-order valence-corrected chi connectivity index (χ2v) is 3.82. The van der Waals surface area contributed by atoms with Crippen molar-refractivity contribution in [3.63, 3.8) is 0 Å². The lowest BCUT2D eigenvalue weighted by molar-refractivity contribution is 0.480. The Kier molecular flexibility index (Phi) is 3.27. The Hall–Kier alpha value is -2.78. The van der Waals surface area contributed by atoms with Crippen molar-refractivity contribution in [2.45, 2.75) is 6.92 Å². The Balaban J connectivity index is 2.42. The molecular weight excluding hydrogens is 224 g/mol. The molecule has 86 valence electrons. The number of hydrogen-bond acceptors (Lipinski definition) is 3. The zero-order valence-electron chi connectivity index (χ0n) is 9.84. The number of nitrogens with zero attached hydrogens (tertiary/aromatic N) is 2. The minimum Gasteiger partial charge on any atom is -0.456 e. The largest absolute Gasteiger partial charge is 0.456 e. The predicted octanol–water partition coefficient (Wildman–Crippen LogP) is 3.53. The van der Waals surface area contributed by atoms with E-state index in [1.165, 1.54) is 0 Å². The zero-order valence-corrected chi connectivity index (χ0v) is 9.84. The fourth-order valence-electron chi connectivity index (χ4n) is 1.63. The van der Waals surface area contributed by atoms with Crippen LogP contribution in [0.3, 0.4) is 0 Å². The van der Waals surface area contributed by atoms with E-state index in [0.29, 0.717) is 17.1 Å². The lowest BCUT2D eigenvalue weighted by Gasteiger charge is -2.08. The van der Waals surface area contributed by atoms with Crippen molar-refractivity contribution in [3.8, 4) is 23.6 Å². The summed E-state index contributed by atoms with van der Waals surface area (Å²) in [5.41, 5.74) is 1.66. The normalized spacial score (nSPS) is 9.28. The Morgan fingerprint density at radius 1 is 1.00 bits per heavy atom. The van der Waals surface area contributed by atoms with Crippen LogP contribution in [0.15, 0.2) is 42.5 Å². The molecule has 0 N–H and O–H groups in total. The molecule has 0 aliphatic rings. The van der Waals surface area contributed by atoms with Gasteiger partial charge in [-0.1, -0.05) is 18.2 Å². The molecule has 0 fully saturated rings.